The van der Waals surface area contributed by atoms with Crippen LogP contribution in [-0.4, -0.2) is 46.1 Å². The fourth-order valence-electron chi connectivity index (χ4n) is 0.567. The Hall–Kier alpha value is -0.620. The van der Waals surface area contributed by atoms with E-state index in [1.807, 2.05) is 0 Å². The Morgan fingerprint density at radius 3 is 2.25 bits per heavy atom. The summed E-state index contributed by atoms with van der Waals surface area (Å²) >= 11 is 0. The van der Waals surface area contributed by atoms with Crippen LogP contribution < -0.4 is 4.72 Å². The fraction of sp³-hybridized carbons (Fsp3) is 0.833. The minimum atomic E-state index is -3.17. The lowest BCUT2D eigenvalue weighted by atomic mass is 10.4. The smallest absolute Gasteiger partial charge is 0.223 e. The summed E-state index contributed by atoms with van der Waals surface area (Å²) in [5, 5.41) is 0. The van der Waals surface area contributed by atoms with E-state index in [-0.39, 0.29) is 18.9 Å². The molecule has 0 aromatic carbocycles. The first kappa shape index (κ1) is 11.4. The maximum Gasteiger partial charge on any atom is 0.223 e. The number of carbonyl (C=O) groups excluding carboxylic acids is 1. The van der Waals surface area contributed by atoms with Gasteiger partial charge >= 0.3 is 0 Å². The van der Waals surface area contributed by atoms with Crippen LogP contribution in [0.25, 0.3) is 0 Å². The van der Waals surface area contributed by atoms with E-state index in [4.69, 9.17) is 0 Å². The predicted molar refractivity (Wildman–Crippen MR) is 46.2 cm³/mol. The molecule has 0 saturated heterocycles. The van der Waals surface area contributed by atoms with Gasteiger partial charge in [-0.3, -0.25) is 4.79 Å². The minimum absolute atomic E-state index is 0.0915. The minimum Gasteiger partial charge on any atom is -0.349 e. The highest BCUT2D eigenvalue weighted by atomic mass is 32.2. The number of rotatable bonds is 4. The van der Waals surface area contributed by atoms with Gasteiger partial charge in [-0.15, -0.1) is 0 Å². The molecule has 0 aromatic rings. The normalized spacial score (nSPS) is 11.2. The van der Waals surface area contributed by atoms with Crippen LogP contribution in [0.3, 0.4) is 0 Å². The molecule has 0 aromatic heterocycles. The van der Waals surface area contributed by atoms with Crippen LogP contribution in [0.4, 0.5) is 0 Å². The molecule has 0 aliphatic rings. The van der Waals surface area contributed by atoms with Crippen molar-refractivity contribution >= 4 is 15.9 Å². The highest BCUT2D eigenvalue weighted by Gasteiger charge is 2.05. The SMILES string of the molecule is CN(C)C(=O)CCNS(C)(=O)=O. The molecular formula is C6H14N2O3S. The molecule has 1 N–H and O–H groups in total. The van der Waals surface area contributed by atoms with Gasteiger partial charge in [0, 0.05) is 27.1 Å². The van der Waals surface area contributed by atoms with Gasteiger partial charge in [-0.1, -0.05) is 0 Å². The summed E-state index contributed by atoms with van der Waals surface area (Å²) in [4.78, 5) is 12.3. The van der Waals surface area contributed by atoms with Crippen LogP contribution >= 0.6 is 0 Å². The van der Waals surface area contributed by atoms with Crippen LogP contribution in [0.2, 0.25) is 0 Å². The van der Waals surface area contributed by atoms with Gasteiger partial charge in [0.2, 0.25) is 15.9 Å². The molecule has 72 valence electrons. The quantitative estimate of drug-likeness (QED) is 0.625. The van der Waals surface area contributed by atoms with E-state index in [0.29, 0.717) is 0 Å². The average molecular weight is 194 g/mol. The second-order valence-electron chi connectivity index (χ2n) is 2.70. The number of sulfonamides is 1. The number of amides is 1. The van der Waals surface area contributed by atoms with E-state index < -0.39 is 10.0 Å². The third kappa shape index (κ3) is 6.11. The molecular weight excluding hydrogens is 180 g/mol. The van der Waals surface area contributed by atoms with Gasteiger partial charge < -0.3 is 4.90 Å². The third-order valence-corrected chi connectivity index (χ3v) is 1.93. The molecule has 0 unspecified atom stereocenters. The number of nitrogens with zero attached hydrogens (tertiary/aromatic N) is 1. The Bertz CT molecular complexity index is 246. The standard InChI is InChI=1S/C6H14N2O3S/c1-8(2)6(9)4-5-7-12(3,10)11/h7H,4-5H2,1-3H3. The van der Waals surface area contributed by atoms with Crippen molar-refractivity contribution in [3.8, 4) is 0 Å². The van der Waals surface area contributed by atoms with Gasteiger partial charge in [0.15, 0.2) is 0 Å². The first-order chi connectivity index (χ1) is 5.33. The Morgan fingerprint density at radius 2 is 1.92 bits per heavy atom. The van der Waals surface area contributed by atoms with Crippen molar-refractivity contribution in [2.75, 3.05) is 26.9 Å². The van der Waals surface area contributed by atoms with Crippen LogP contribution in [0.5, 0.6) is 0 Å². The highest BCUT2D eigenvalue weighted by Crippen LogP contribution is 1.85. The lowest BCUT2D eigenvalue weighted by molar-refractivity contribution is -0.128. The molecule has 0 aliphatic carbocycles. The monoisotopic (exact) mass is 194 g/mol. The third-order valence-electron chi connectivity index (χ3n) is 1.20. The highest BCUT2D eigenvalue weighted by molar-refractivity contribution is 7.88. The Morgan fingerprint density at radius 1 is 1.42 bits per heavy atom. The molecule has 0 saturated carbocycles. The van der Waals surface area contributed by atoms with Gasteiger partial charge in [-0.05, 0) is 0 Å². The lowest BCUT2D eigenvalue weighted by Crippen LogP contribution is -2.29. The number of carbonyl (C=O) groups is 1. The molecule has 0 atom stereocenters. The first-order valence-corrected chi connectivity index (χ1v) is 5.37. The topological polar surface area (TPSA) is 66.5 Å². The van der Waals surface area contributed by atoms with Gasteiger partial charge in [0.25, 0.3) is 0 Å². The maximum absolute atomic E-state index is 10.9. The summed E-state index contributed by atoms with van der Waals surface area (Å²) in [6.07, 6.45) is 1.26. The summed E-state index contributed by atoms with van der Waals surface area (Å²) in [7, 11) is 0.0893. The fourth-order valence-corrected chi connectivity index (χ4v) is 1.04. The molecule has 6 heteroatoms. The van der Waals surface area contributed by atoms with E-state index in [0.717, 1.165) is 6.26 Å². The Kier molecular flexibility index (Phi) is 4.19. The van der Waals surface area contributed by atoms with Crippen molar-refractivity contribution < 1.29 is 13.2 Å². The molecule has 0 radical (unpaired) electrons. The van der Waals surface area contributed by atoms with Crippen LogP contribution in [0.1, 0.15) is 6.42 Å². The first-order valence-electron chi connectivity index (χ1n) is 3.47. The van der Waals surface area contributed by atoms with Crippen molar-refractivity contribution in [3.05, 3.63) is 0 Å². The molecule has 12 heavy (non-hydrogen) atoms. The molecule has 1 amide bonds. The average Bonchev–Trinajstić information content (AvgIpc) is 1.84. The van der Waals surface area contributed by atoms with Gasteiger partial charge in [0.05, 0.1) is 6.26 Å². The number of hydrogen-bond donors (Lipinski definition) is 1. The summed E-state index contributed by atoms with van der Waals surface area (Å²) in [6.45, 7) is 0.163. The van der Waals surface area contributed by atoms with E-state index in [1.165, 1.54) is 4.90 Å². The van der Waals surface area contributed by atoms with Crippen LogP contribution in [-0.2, 0) is 14.8 Å². The predicted octanol–water partition coefficient (Wildman–Crippen LogP) is -0.986. The van der Waals surface area contributed by atoms with Gasteiger partial charge in [-0.25, -0.2) is 13.1 Å². The Labute approximate surface area is 72.8 Å². The van der Waals surface area contributed by atoms with Crippen molar-refractivity contribution in [1.82, 2.24) is 9.62 Å². The van der Waals surface area contributed by atoms with Gasteiger partial charge in [0.1, 0.15) is 0 Å². The van der Waals surface area contributed by atoms with E-state index >= 15 is 0 Å². The van der Waals surface area contributed by atoms with E-state index in [2.05, 4.69) is 4.72 Å². The van der Waals surface area contributed by atoms with Crippen LogP contribution in [0, 0.1) is 0 Å². The summed E-state index contributed by atoms with van der Waals surface area (Å²) in [5.74, 6) is -0.0915. The zero-order valence-electron chi connectivity index (χ0n) is 7.49. The largest absolute Gasteiger partial charge is 0.349 e. The molecule has 0 aliphatic heterocycles. The number of nitrogens with one attached hydrogen (secondary N) is 1. The molecule has 0 fully saturated rings. The second-order valence-corrected chi connectivity index (χ2v) is 4.54. The van der Waals surface area contributed by atoms with E-state index in [9.17, 15) is 13.2 Å². The van der Waals surface area contributed by atoms with Crippen molar-refractivity contribution in [2.45, 2.75) is 6.42 Å². The maximum atomic E-state index is 10.9. The molecule has 0 heterocycles. The molecule has 0 bridgehead atoms. The molecule has 5 nitrogen and oxygen atoms in total. The summed E-state index contributed by atoms with van der Waals surface area (Å²) in [6, 6.07) is 0. The van der Waals surface area contributed by atoms with E-state index in [1.54, 1.807) is 14.1 Å². The van der Waals surface area contributed by atoms with Crippen molar-refractivity contribution in [1.29, 1.82) is 0 Å². The van der Waals surface area contributed by atoms with Crippen molar-refractivity contribution in [2.24, 2.45) is 0 Å². The summed E-state index contributed by atoms with van der Waals surface area (Å²) in [5.41, 5.74) is 0. The van der Waals surface area contributed by atoms with Crippen LogP contribution in [0.15, 0.2) is 0 Å². The van der Waals surface area contributed by atoms with Gasteiger partial charge in [-0.2, -0.15) is 0 Å². The molecule has 0 spiro atoms. The lowest BCUT2D eigenvalue weighted by Gasteiger charge is -2.09. The Balaban J connectivity index is 3.66. The zero-order valence-corrected chi connectivity index (χ0v) is 8.31. The number of hydrogen-bond acceptors (Lipinski definition) is 3. The zero-order chi connectivity index (χ0) is 9.78. The molecule has 0 rings (SSSR count). The summed E-state index contributed by atoms with van der Waals surface area (Å²) < 4.78 is 23.3. The van der Waals surface area contributed by atoms with Crippen molar-refractivity contribution in [3.63, 3.8) is 0 Å². The second kappa shape index (κ2) is 4.42.